The lowest BCUT2D eigenvalue weighted by molar-refractivity contribution is -0.125. The van der Waals surface area contributed by atoms with Crippen LogP contribution >= 0.6 is 0 Å². The number of anilines is 2. The first-order chi connectivity index (χ1) is 17.0. The van der Waals surface area contributed by atoms with Crippen LogP contribution in [0.2, 0.25) is 0 Å². The Bertz CT molecular complexity index is 1100. The van der Waals surface area contributed by atoms with Crippen molar-refractivity contribution in [3.63, 3.8) is 0 Å². The number of hydrogen-bond acceptors (Lipinski definition) is 6. The second-order valence-electron chi connectivity index (χ2n) is 9.52. The molecule has 0 radical (unpaired) electrons. The summed E-state index contributed by atoms with van der Waals surface area (Å²) in [6, 6.07) is 12.1. The zero-order valence-corrected chi connectivity index (χ0v) is 21.0. The number of nitrogens with zero attached hydrogens (tertiary/aromatic N) is 5. The van der Waals surface area contributed by atoms with Crippen molar-refractivity contribution in [2.24, 2.45) is 13.0 Å². The smallest absolute Gasteiger partial charge is 0.332 e. The van der Waals surface area contributed by atoms with Crippen LogP contribution in [0.1, 0.15) is 26.2 Å². The van der Waals surface area contributed by atoms with Gasteiger partial charge in [-0.25, -0.2) is 4.79 Å². The highest BCUT2D eigenvalue weighted by Crippen LogP contribution is 2.22. The van der Waals surface area contributed by atoms with Gasteiger partial charge in [-0.1, -0.05) is 18.2 Å². The van der Waals surface area contributed by atoms with Crippen molar-refractivity contribution in [3.8, 4) is 0 Å². The molecular formula is C26H38N6O3. The Labute approximate surface area is 206 Å². The molecule has 35 heavy (non-hydrogen) atoms. The molecule has 4 rings (SSSR count). The van der Waals surface area contributed by atoms with Gasteiger partial charge < -0.3 is 15.1 Å². The third-order valence-electron chi connectivity index (χ3n) is 7.25. The van der Waals surface area contributed by atoms with Gasteiger partial charge in [-0.05, 0) is 44.9 Å². The van der Waals surface area contributed by atoms with Crippen LogP contribution in [0.15, 0.2) is 46.0 Å². The summed E-state index contributed by atoms with van der Waals surface area (Å²) in [4.78, 5) is 44.5. The molecule has 2 aliphatic heterocycles. The van der Waals surface area contributed by atoms with E-state index in [9.17, 15) is 14.4 Å². The molecular weight excluding hydrogens is 444 g/mol. The summed E-state index contributed by atoms with van der Waals surface area (Å²) in [5.74, 6) is 0.549. The summed E-state index contributed by atoms with van der Waals surface area (Å²) in [5, 5.41) is 3.12. The molecule has 190 valence electrons. The van der Waals surface area contributed by atoms with E-state index in [1.54, 1.807) is 4.57 Å². The highest BCUT2D eigenvalue weighted by atomic mass is 16.2. The SMILES string of the molecule is CCn1c(N2CCCC(C(=O)NCCCN3CCN(c4ccccc4)CC3)C2)cc(=O)n(C)c1=O. The summed E-state index contributed by atoms with van der Waals surface area (Å²) in [6.07, 6.45) is 2.61. The fraction of sp³-hybridized carbons (Fsp3) is 0.577. The quantitative estimate of drug-likeness (QED) is 0.568. The number of carbonyl (C=O) groups excluding carboxylic acids is 1. The number of piperidine rings is 1. The normalized spacial score (nSPS) is 19.1. The first-order valence-corrected chi connectivity index (χ1v) is 12.8. The summed E-state index contributed by atoms with van der Waals surface area (Å²) in [7, 11) is 1.50. The van der Waals surface area contributed by atoms with Gasteiger partial charge in [0.2, 0.25) is 5.91 Å². The average molecular weight is 483 g/mol. The standard InChI is InChI=1S/C26H38N6O3/c1-3-32-23(19-24(33)28(2)26(32)35)31-14-7-9-21(20-31)25(34)27-12-8-13-29-15-17-30(18-16-29)22-10-5-4-6-11-22/h4-6,10-11,19,21H,3,7-9,12-18,20H2,1-2H3,(H,27,34). The van der Waals surface area contributed by atoms with Crippen LogP contribution in [0.5, 0.6) is 0 Å². The molecule has 1 amide bonds. The largest absolute Gasteiger partial charge is 0.369 e. The van der Waals surface area contributed by atoms with Crippen molar-refractivity contribution < 1.29 is 4.79 Å². The fourth-order valence-electron chi connectivity index (χ4n) is 5.14. The van der Waals surface area contributed by atoms with E-state index in [4.69, 9.17) is 0 Å². The molecule has 9 heteroatoms. The van der Waals surface area contributed by atoms with Crippen molar-refractivity contribution in [2.75, 3.05) is 62.2 Å². The lowest BCUT2D eigenvalue weighted by Crippen LogP contribution is -2.48. The molecule has 0 spiro atoms. The van der Waals surface area contributed by atoms with Crippen LogP contribution < -0.4 is 26.4 Å². The molecule has 1 N–H and O–H groups in total. The maximum absolute atomic E-state index is 12.9. The highest BCUT2D eigenvalue weighted by Gasteiger charge is 2.27. The number of carbonyl (C=O) groups is 1. The average Bonchev–Trinajstić information content (AvgIpc) is 2.90. The number of piperazine rings is 1. The van der Waals surface area contributed by atoms with Crippen LogP contribution in [-0.4, -0.2) is 72.3 Å². The minimum atomic E-state index is -0.314. The van der Waals surface area contributed by atoms with Crippen LogP contribution in [0, 0.1) is 5.92 Å². The van der Waals surface area contributed by atoms with Crippen molar-refractivity contribution in [1.29, 1.82) is 0 Å². The number of benzene rings is 1. The van der Waals surface area contributed by atoms with Gasteiger partial charge in [0.05, 0.1) is 5.92 Å². The molecule has 9 nitrogen and oxygen atoms in total. The summed E-state index contributed by atoms with van der Waals surface area (Å²) < 4.78 is 2.74. The minimum Gasteiger partial charge on any atom is -0.369 e. The van der Waals surface area contributed by atoms with Gasteiger partial charge in [0.1, 0.15) is 5.82 Å². The molecule has 2 saturated heterocycles. The van der Waals surface area contributed by atoms with Crippen LogP contribution in [0.25, 0.3) is 0 Å². The lowest BCUT2D eigenvalue weighted by atomic mass is 9.97. The topological polar surface area (TPSA) is 82.8 Å². The fourth-order valence-corrected chi connectivity index (χ4v) is 5.14. The predicted octanol–water partition coefficient (Wildman–Crippen LogP) is 1.11. The molecule has 1 unspecified atom stereocenters. The Hall–Kier alpha value is -3.07. The molecule has 2 aromatic rings. The van der Waals surface area contributed by atoms with E-state index in [2.05, 4.69) is 39.4 Å². The molecule has 1 aromatic heterocycles. The van der Waals surface area contributed by atoms with Crippen molar-refractivity contribution in [1.82, 2.24) is 19.4 Å². The van der Waals surface area contributed by atoms with Gasteiger partial charge in [-0.3, -0.25) is 23.6 Å². The van der Waals surface area contributed by atoms with Gasteiger partial charge in [0.15, 0.2) is 0 Å². The second kappa shape index (κ2) is 11.6. The molecule has 2 aliphatic rings. The summed E-state index contributed by atoms with van der Waals surface area (Å²) >= 11 is 0. The van der Waals surface area contributed by atoms with E-state index in [0.29, 0.717) is 25.5 Å². The first-order valence-electron chi connectivity index (χ1n) is 12.8. The van der Waals surface area contributed by atoms with E-state index < -0.39 is 0 Å². The van der Waals surface area contributed by atoms with Crippen molar-refractivity contribution in [2.45, 2.75) is 32.7 Å². The van der Waals surface area contributed by atoms with E-state index in [0.717, 1.165) is 63.1 Å². The van der Waals surface area contributed by atoms with Gasteiger partial charge in [-0.15, -0.1) is 0 Å². The van der Waals surface area contributed by atoms with Gasteiger partial charge in [-0.2, -0.15) is 0 Å². The third-order valence-corrected chi connectivity index (χ3v) is 7.25. The molecule has 1 atom stereocenters. The maximum Gasteiger partial charge on any atom is 0.332 e. The van der Waals surface area contributed by atoms with Gasteiger partial charge in [0, 0.05) is 71.2 Å². The number of rotatable bonds is 8. The minimum absolute atomic E-state index is 0.0674. The van der Waals surface area contributed by atoms with Crippen LogP contribution in [0.3, 0.4) is 0 Å². The zero-order valence-electron chi connectivity index (χ0n) is 21.0. The Morgan fingerprint density at radius 1 is 1.03 bits per heavy atom. The number of aromatic nitrogens is 2. The molecule has 2 fully saturated rings. The molecule has 0 bridgehead atoms. The Balaban J connectivity index is 1.22. The number of nitrogens with one attached hydrogen (secondary N) is 1. The lowest BCUT2D eigenvalue weighted by Gasteiger charge is -2.36. The maximum atomic E-state index is 12.9. The molecule has 1 aromatic carbocycles. The van der Waals surface area contributed by atoms with Gasteiger partial charge >= 0.3 is 5.69 Å². The predicted molar refractivity (Wildman–Crippen MR) is 139 cm³/mol. The first kappa shape index (κ1) is 25.0. The van der Waals surface area contributed by atoms with Crippen molar-refractivity contribution in [3.05, 3.63) is 57.2 Å². The number of hydrogen-bond donors (Lipinski definition) is 1. The van der Waals surface area contributed by atoms with E-state index in [-0.39, 0.29) is 23.1 Å². The molecule has 3 heterocycles. The summed E-state index contributed by atoms with van der Waals surface area (Å²) in [6.45, 7) is 9.42. The van der Waals surface area contributed by atoms with E-state index in [1.807, 2.05) is 17.9 Å². The van der Waals surface area contributed by atoms with Crippen LogP contribution in [-0.2, 0) is 18.4 Å². The number of amides is 1. The highest BCUT2D eigenvalue weighted by molar-refractivity contribution is 5.79. The Morgan fingerprint density at radius 2 is 1.77 bits per heavy atom. The van der Waals surface area contributed by atoms with Crippen molar-refractivity contribution >= 4 is 17.4 Å². The number of para-hydroxylation sites is 1. The third kappa shape index (κ3) is 5.96. The van der Waals surface area contributed by atoms with Crippen LogP contribution in [0.4, 0.5) is 11.5 Å². The Morgan fingerprint density at radius 3 is 2.49 bits per heavy atom. The van der Waals surface area contributed by atoms with Gasteiger partial charge in [0.25, 0.3) is 5.56 Å². The monoisotopic (exact) mass is 482 g/mol. The molecule has 0 aliphatic carbocycles. The zero-order chi connectivity index (χ0) is 24.8. The second-order valence-corrected chi connectivity index (χ2v) is 9.52. The molecule has 0 saturated carbocycles. The summed E-state index contributed by atoms with van der Waals surface area (Å²) in [5.41, 5.74) is 0.657. The Kier molecular flexibility index (Phi) is 8.28. The van der Waals surface area contributed by atoms with E-state index in [1.165, 1.54) is 18.8 Å². The van der Waals surface area contributed by atoms with E-state index >= 15 is 0 Å².